The SMILES string of the molecule is CC(Cc1ccc(Br)cc1)NC(=O)CCCCCN. The summed E-state index contributed by atoms with van der Waals surface area (Å²) in [7, 11) is 0. The third-order valence-electron chi connectivity index (χ3n) is 2.97. The number of hydrogen-bond acceptors (Lipinski definition) is 2. The molecule has 0 aliphatic carbocycles. The van der Waals surface area contributed by atoms with Crippen molar-refractivity contribution < 1.29 is 4.79 Å². The standard InChI is InChI=1S/C15H23BrN2O/c1-12(11-13-6-8-14(16)9-7-13)18-15(19)5-3-2-4-10-17/h6-9,12H,2-5,10-11,17H2,1H3,(H,18,19). The summed E-state index contributed by atoms with van der Waals surface area (Å²) in [4.78, 5) is 11.7. The van der Waals surface area contributed by atoms with Crippen molar-refractivity contribution in [1.82, 2.24) is 5.32 Å². The van der Waals surface area contributed by atoms with E-state index in [9.17, 15) is 4.79 Å². The Kier molecular flexibility index (Phi) is 7.75. The van der Waals surface area contributed by atoms with E-state index >= 15 is 0 Å². The Morgan fingerprint density at radius 1 is 1.26 bits per heavy atom. The molecule has 3 N–H and O–H groups in total. The van der Waals surface area contributed by atoms with Crippen LogP contribution in [0, 0.1) is 0 Å². The third-order valence-corrected chi connectivity index (χ3v) is 3.50. The predicted molar refractivity (Wildman–Crippen MR) is 83.0 cm³/mol. The van der Waals surface area contributed by atoms with Crippen LogP contribution in [0.1, 0.15) is 38.2 Å². The molecule has 106 valence electrons. The minimum absolute atomic E-state index is 0.140. The molecular formula is C15H23BrN2O. The Balaban J connectivity index is 2.24. The Hall–Kier alpha value is -0.870. The number of rotatable bonds is 8. The molecule has 0 fully saturated rings. The van der Waals surface area contributed by atoms with Crippen molar-refractivity contribution in [3.05, 3.63) is 34.3 Å². The molecule has 4 heteroatoms. The normalized spacial score (nSPS) is 12.2. The van der Waals surface area contributed by atoms with Gasteiger partial charge in [0.05, 0.1) is 0 Å². The van der Waals surface area contributed by atoms with Gasteiger partial charge in [-0.2, -0.15) is 0 Å². The number of amides is 1. The zero-order valence-electron chi connectivity index (χ0n) is 11.5. The maximum Gasteiger partial charge on any atom is 0.220 e. The highest BCUT2D eigenvalue weighted by molar-refractivity contribution is 9.10. The van der Waals surface area contributed by atoms with Crippen molar-refractivity contribution in [2.24, 2.45) is 5.73 Å². The van der Waals surface area contributed by atoms with Crippen molar-refractivity contribution in [3.63, 3.8) is 0 Å². The average Bonchev–Trinajstić information content (AvgIpc) is 2.37. The molecule has 1 aromatic rings. The van der Waals surface area contributed by atoms with Crippen LogP contribution in [-0.4, -0.2) is 18.5 Å². The molecule has 0 spiro atoms. The first-order valence-corrected chi connectivity index (χ1v) is 7.65. The van der Waals surface area contributed by atoms with Crippen molar-refractivity contribution in [2.75, 3.05) is 6.54 Å². The predicted octanol–water partition coefficient (Wildman–Crippen LogP) is 3.02. The van der Waals surface area contributed by atoms with E-state index in [-0.39, 0.29) is 11.9 Å². The largest absolute Gasteiger partial charge is 0.353 e. The van der Waals surface area contributed by atoms with Crippen molar-refractivity contribution in [3.8, 4) is 0 Å². The molecular weight excluding hydrogens is 304 g/mol. The van der Waals surface area contributed by atoms with Gasteiger partial charge in [-0.1, -0.05) is 34.5 Å². The molecule has 1 aromatic carbocycles. The monoisotopic (exact) mass is 326 g/mol. The van der Waals surface area contributed by atoms with E-state index in [0.29, 0.717) is 13.0 Å². The highest BCUT2D eigenvalue weighted by Gasteiger charge is 2.07. The second kappa shape index (κ2) is 9.10. The maximum atomic E-state index is 11.7. The van der Waals surface area contributed by atoms with Gasteiger partial charge in [0.2, 0.25) is 5.91 Å². The van der Waals surface area contributed by atoms with Crippen LogP contribution < -0.4 is 11.1 Å². The number of nitrogens with two attached hydrogens (primary N) is 1. The van der Waals surface area contributed by atoms with E-state index in [1.54, 1.807) is 0 Å². The van der Waals surface area contributed by atoms with Gasteiger partial charge in [-0.05, 0) is 50.4 Å². The van der Waals surface area contributed by atoms with Crippen molar-refractivity contribution in [1.29, 1.82) is 0 Å². The van der Waals surface area contributed by atoms with Gasteiger partial charge in [-0.25, -0.2) is 0 Å². The molecule has 3 nitrogen and oxygen atoms in total. The van der Waals surface area contributed by atoms with Gasteiger partial charge in [0, 0.05) is 16.9 Å². The number of benzene rings is 1. The average molecular weight is 327 g/mol. The van der Waals surface area contributed by atoms with Crippen molar-refractivity contribution in [2.45, 2.75) is 45.1 Å². The van der Waals surface area contributed by atoms with Crippen LogP contribution in [0.25, 0.3) is 0 Å². The Labute approximate surface area is 124 Å². The van der Waals surface area contributed by atoms with Gasteiger partial charge in [-0.3, -0.25) is 4.79 Å². The van der Waals surface area contributed by atoms with Crippen LogP contribution >= 0.6 is 15.9 Å². The topological polar surface area (TPSA) is 55.1 Å². The number of nitrogens with one attached hydrogen (secondary N) is 1. The molecule has 1 atom stereocenters. The fraction of sp³-hybridized carbons (Fsp3) is 0.533. The molecule has 1 amide bonds. The number of unbranched alkanes of at least 4 members (excludes halogenated alkanes) is 2. The van der Waals surface area contributed by atoms with Gasteiger partial charge in [0.15, 0.2) is 0 Å². The van der Waals surface area contributed by atoms with Crippen LogP contribution in [0.5, 0.6) is 0 Å². The summed E-state index contributed by atoms with van der Waals surface area (Å²) in [6.07, 6.45) is 4.42. The molecule has 1 unspecified atom stereocenters. The fourth-order valence-electron chi connectivity index (χ4n) is 1.98. The molecule has 0 radical (unpaired) electrons. The Bertz CT molecular complexity index is 378. The smallest absolute Gasteiger partial charge is 0.220 e. The number of carbonyl (C=O) groups is 1. The third kappa shape index (κ3) is 7.33. The number of halogens is 1. The molecule has 0 saturated carbocycles. The first kappa shape index (κ1) is 16.2. The fourth-order valence-corrected chi connectivity index (χ4v) is 2.24. The minimum Gasteiger partial charge on any atom is -0.353 e. The zero-order chi connectivity index (χ0) is 14.1. The van der Waals surface area contributed by atoms with Crippen LogP contribution in [0.2, 0.25) is 0 Å². The second-order valence-corrected chi connectivity index (χ2v) is 5.81. The Morgan fingerprint density at radius 2 is 1.95 bits per heavy atom. The van der Waals surface area contributed by atoms with E-state index in [4.69, 9.17) is 5.73 Å². The maximum absolute atomic E-state index is 11.7. The first-order valence-electron chi connectivity index (χ1n) is 6.85. The summed E-state index contributed by atoms with van der Waals surface area (Å²) >= 11 is 3.41. The summed E-state index contributed by atoms with van der Waals surface area (Å²) in [5, 5.41) is 3.04. The first-order chi connectivity index (χ1) is 9.11. The van der Waals surface area contributed by atoms with Gasteiger partial charge < -0.3 is 11.1 Å². The highest BCUT2D eigenvalue weighted by atomic mass is 79.9. The lowest BCUT2D eigenvalue weighted by molar-refractivity contribution is -0.121. The summed E-state index contributed by atoms with van der Waals surface area (Å²) < 4.78 is 1.08. The molecule has 0 saturated heterocycles. The molecule has 0 aliphatic heterocycles. The molecule has 1 rings (SSSR count). The summed E-state index contributed by atoms with van der Waals surface area (Å²) in [6, 6.07) is 8.37. The molecule has 0 aromatic heterocycles. The zero-order valence-corrected chi connectivity index (χ0v) is 13.1. The number of carbonyl (C=O) groups excluding carboxylic acids is 1. The van der Waals surface area contributed by atoms with Gasteiger partial charge in [0.1, 0.15) is 0 Å². The molecule has 0 bridgehead atoms. The quantitative estimate of drug-likeness (QED) is 0.721. The van der Waals surface area contributed by atoms with Gasteiger partial charge in [0.25, 0.3) is 0 Å². The van der Waals surface area contributed by atoms with E-state index in [2.05, 4.69) is 33.4 Å². The Morgan fingerprint density at radius 3 is 2.58 bits per heavy atom. The summed E-state index contributed by atoms with van der Waals surface area (Å²) in [5.41, 5.74) is 6.65. The lowest BCUT2D eigenvalue weighted by Crippen LogP contribution is -2.33. The van der Waals surface area contributed by atoms with E-state index < -0.39 is 0 Å². The highest BCUT2D eigenvalue weighted by Crippen LogP contribution is 2.12. The lowest BCUT2D eigenvalue weighted by atomic mass is 10.1. The van der Waals surface area contributed by atoms with Crippen LogP contribution in [0.4, 0.5) is 0 Å². The minimum atomic E-state index is 0.140. The number of hydrogen-bond donors (Lipinski definition) is 2. The van der Waals surface area contributed by atoms with Crippen molar-refractivity contribution >= 4 is 21.8 Å². The van der Waals surface area contributed by atoms with E-state index in [1.165, 1.54) is 5.56 Å². The lowest BCUT2D eigenvalue weighted by Gasteiger charge is -2.14. The van der Waals surface area contributed by atoms with Gasteiger partial charge in [-0.15, -0.1) is 0 Å². The second-order valence-electron chi connectivity index (χ2n) is 4.90. The molecule has 19 heavy (non-hydrogen) atoms. The van der Waals surface area contributed by atoms with Crippen LogP contribution in [0.3, 0.4) is 0 Å². The van der Waals surface area contributed by atoms with Crippen LogP contribution in [-0.2, 0) is 11.2 Å². The molecule has 0 heterocycles. The van der Waals surface area contributed by atoms with Gasteiger partial charge >= 0.3 is 0 Å². The van der Waals surface area contributed by atoms with Crippen LogP contribution in [0.15, 0.2) is 28.7 Å². The molecule has 0 aliphatic rings. The summed E-state index contributed by atoms with van der Waals surface area (Å²) in [5.74, 6) is 0.140. The van der Waals surface area contributed by atoms with E-state index in [0.717, 1.165) is 30.2 Å². The van der Waals surface area contributed by atoms with E-state index in [1.807, 2.05) is 19.1 Å². The summed E-state index contributed by atoms with van der Waals surface area (Å²) in [6.45, 7) is 2.75.